The zero-order valence-corrected chi connectivity index (χ0v) is 12.3. The van der Waals surface area contributed by atoms with Gasteiger partial charge in [-0.15, -0.1) is 0 Å². The van der Waals surface area contributed by atoms with Gasteiger partial charge in [0.05, 0.1) is 20.3 Å². The smallest absolute Gasteiger partial charge is 0.166 e. The van der Waals surface area contributed by atoms with Gasteiger partial charge in [0.1, 0.15) is 0 Å². The van der Waals surface area contributed by atoms with E-state index in [-0.39, 0.29) is 6.61 Å². The molecule has 0 spiro atoms. The van der Waals surface area contributed by atoms with Crippen LogP contribution in [0, 0.1) is 5.92 Å². The van der Waals surface area contributed by atoms with Crippen molar-refractivity contribution in [2.24, 2.45) is 5.92 Å². The number of unbranched alkanes of at least 4 members (excludes halogenated alkanes) is 1. The fourth-order valence-electron chi connectivity index (χ4n) is 2.11. The van der Waals surface area contributed by atoms with Crippen molar-refractivity contribution in [3.8, 4) is 11.5 Å². The standard InChI is InChI=1S/C16H26O3/c1-4-6-8-13(5-2)12-19-16-14(11-17)9-7-10-15(16)18-3/h7,9-10,13,17H,4-6,8,11-12H2,1-3H3. The van der Waals surface area contributed by atoms with Crippen LogP contribution in [-0.2, 0) is 6.61 Å². The minimum Gasteiger partial charge on any atom is -0.493 e. The lowest BCUT2D eigenvalue weighted by atomic mass is 10.0. The van der Waals surface area contributed by atoms with Crippen LogP contribution in [-0.4, -0.2) is 18.8 Å². The quantitative estimate of drug-likeness (QED) is 0.739. The highest BCUT2D eigenvalue weighted by atomic mass is 16.5. The first-order valence-electron chi connectivity index (χ1n) is 7.16. The fraction of sp³-hybridized carbons (Fsp3) is 0.625. The first kappa shape index (κ1) is 15.8. The molecule has 1 aromatic carbocycles. The highest BCUT2D eigenvalue weighted by molar-refractivity contribution is 5.46. The van der Waals surface area contributed by atoms with Gasteiger partial charge in [0, 0.05) is 5.56 Å². The lowest BCUT2D eigenvalue weighted by Crippen LogP contribution is -2.12. The van der Waals surface area contributed by atoms with Crippen LogP contribution in [0.1, 0.15) is 45.1 Å². The molecule has 0 aromatic heterocycles. The van der Waals surface area contributed by atoms with Crippen LogP contribution in [0.4, 0.5) is 0 Å². The number of hydrogen-bond donors (Lipinski definition) is 1. The van der Waals surface area contributed by atoms with Gasteiger partial charge in [-0.2, -0.15) is 0 Å². The van der Waals surface area contributed by atoms with Gasteiger partial charge < -0.3 is 14.6 Å². The van der Waals surface area contributed by atoms with Crippen molar-refractivity contribution < 1.29 is 14.6 Å². The second kappa shape index (κ2) is 8.81. The van der Waals surface area contributed by atoms with Crippen LogP contribution in [0.15, 0.2) is 18.2 Å². The van der Waals surface area contributed by atoms with Crippen LogP contribution in [0.2, 0.25) is 0 Å². The second-order valence-corrected chi connectivity index (χ2v) is 4.83. The predicted molar refractivity (Wildman–Crippen MR) is 77.7 cm³/mol. The molecule has 0 bridgehead atoms. The predicted octanol–water partition coefficient (Wildman–Crippen LogP) is 3.78. The van der Waals surface area contributed by atoms with Gasteiger partial charge >= 0.3 is 0 Å². The van der Waals surface area contributed by atoms with Crippen LogP contribution in [0.25, 0.3) is 0 Å². The summed E-state index contributed by atoms with van der Waals surface area (Å²) in [7, 11) is 1.62. The molecule has 0 radical (unpaired) electrons. The van der Waals surface area contributed by atoms with Gasteiger partial charge in [0.25, 0.3) is 0 Å². The third kappa shape index (κ3) is 4.75. The number of benzene rings is 1. The summed E-state index contributed by atoms with van der Waals surface area (Å²) in [6, 6.07) is 5.60. The first-order chi connectivity index (χ1) is 9.26. The van der Waals surface area contributed by atoms with Crippen LogP contribution in [0.3, 0.4) is 0 Å². The minimum atomic E-state index is -0.0295. The molecule has 0 aliphatic heterocycles. The van der Waals surface area contributed by atoms with Crippen LogP contribution in [0.5, 0.6) is 11.5 Å². The molecule has 1 unspecified atom stereocenters. The van der Waals surface area contributed by atoms with Crippen molar-refractivity contribution in [1.82, 2.24) is 0 Å². The molecule has 0 heterocycles. The Bertz CT molecular complexity index is 341. The molecule has 0 saturated heterocycles. The molecule has 0 saturated carbocycles. The number of aliphatic hydroxyl groups is 1. The third-order valence-corrected chi connectivity index (χ3v) is 3.46. The Kier molecular flexibility index (Phi) is 7.34. The monoisotopic (exact) mass is 266 g/mol. The van der Waals surface area contributed by atoms with Gasteiger partial charge in [-0.3, -0.25) is 0 Å². The van der Waals surface area contributed by atoms with E-state index in [9.17, 15) is 5.11 Å². The third-order valence-electron chi connectivity index (χ3n) is 3.46. The molecule has 0 aliphatic carbocycles. The van der Waals surface area contributed by atoms with Crippen molar-refractivity contribution in [1.29, 1.82) is 0 Å². The van der Waals surface area contributed by atoms with Gasteiger partial charge in [-0.05, 0) is 18.4 Å². The SMILES string of the molecule is CCCCC(CC)COc1c(CO)cccc1OC. The maximum atomic E-state index is 9.37. The number of methoxy groups -OCH3 is 1. The highest BCUT2D eigenvalue weighted by Crippen LogP contribution is 2.32. The zero-order valence-electron chi connectivity index (χ0n) is 12.3. The average Bonchev–Trinajstić information content (AvgIpc) is 2.47. The van der Waals surface area contributed by atoms with Crippen molar-refractivity contribution in [3.63, 3.8) is 0 Å². The van der Waals surface area contributed by atoms with Gasteiger partial charge in [-0.1, -0.05) is 45.2 Å². The first-order valence-corrected chi connectivity index (χ1v) is 7.16. The summed E-state index contributed by atoms with van der Waals surface area (Å²) in [4.78, 5) is 0. The Morgan fingerprint density at radius 1 is 1.26 bits per heavy atom. The molecule has 1 N–H and O–H groups in total. The minimum absolute atomic E-state index is 0.0295. The van der Waals surface area contributed by atoms with E-state index < -0.39 is 0 Å². The summed E-state index contributed by atoms with van der Waals surface area (Å²) in [5, 5.41) is 9.37. The summed E-state index contributed by atoms with van der Waals surface area (Å²) < 4.78 is 11.2. The van der Waals surface area contributed by atoms with E-state index in [2.05, 4.69) is 13.8 Å². The van der Waals surface area contributed by atoms with E-state index in [1.54, 1.807) is 7.11 Å². The number of aliphatic hydroxyl groups excluding tert-OH is 1. The average molecular weight is 266 g/mol. The Labute approximate surface area is 116 Å². The van der Waals surface area contributed by atoms with Crippen LogP contribution >= 0.6 is 0 Å². The molecule has 0 amide bonds. The molecule has 0 aliphatic rings. The molecule has 3 heteroatoms. The topological polar surface area (TPSA) is 38.7 Å². The van der Waals surface area contributed by atoms with E-state index in [0.29, 0.717) is 24.0 Å². The maximum Gasteiger partial charge on any atom is 0.166 e. The molecule has 1 atom stereocenters. The van der Waals surface area contributed by atoms with Crippen molar-refractivity contribution in [3.05, 3.63) is 23.8 Å². The summed E-state index contributed by atoms with van der Waals surface area (Å²) in [5.74, 6) is 1.94. The number of ether oxygens (including phenoxy) is 2. The highest BCUT2D eigenvalue weighted by Gasteiger charge is 2.13. The molecule has 0 fully saturated rings. The molecule has 108 valence electrons. The molecule has 1 rings (SSSR count). The van der Waals surface area contributed by atoms with Crippen molar-refractivity contribution in [2.45, 2.75) is 46.1 Å². The number of hydrogen-bond acceptors (Lipinski definition) is 3. The zero-order chi connectivity index (χ0) is 14.1. The molecular weight excluding hydrogens is 240 g/mol. The summed E-state index contributed by atoms with van der Waals surface area (Å²) >= 11 is 0. The van der Waals surface area contributed by atoms with E-state index in [1.165, 1.54) is 19.3 Å². The Morgan fingerprint density at radius 2 is 2.05 bits per heavy atom. The van der Waals surface area contributed by atoms with E-state index in [4.69, 9.17) is 9.47 Å². The largest absolute Gasteiger partial charge is 0.493 e. The van der Waals surface area contributed by atoms with E-state index in [0.717, 1.165) is 12.0 Å². The van der Waals surface area contributed by atoms with Crippen LogP contribution < -0.4 is 9.47 Å². The summed E-state index contributed by atoms with van der Waals surface area (Å²) in [5.41, 5.74) is 0.782. The van der Waals surface area contributed by atoms with Gasteiger partial charge in [0.15, 0.2) is 11.5 Å². The van der Waals surface area contributed by atoms with E-state index in [1.807, 2.05) is 18.2 Å². The lowest BCUT2D eigenvalue weighted by Gasteiger charge is -2.18. The normalized spacial score (nSPS) is 12.2. The maximum absolute atomic E-state index is 9.37. The lowest BCUT2D eigenvalue weighted by molar-refractivity contribution is 0.213. The molecular formula is C16H26O3. The van der Waals surface area contributed by atoms with Gasteiger partial charge in [0.2, 0.25) is 0 Å². The van der Waals surface area contributed by atoms with Gasteiger partial charge in [-0.25, -0.2) is 0 Å². The summed E-state index contributed by atoms with van der Waals surface area (Å²) in [6.45, 7) is 5.05. The van der Waals surface area contributed by atoms with E-state index >= 15 is 0 Å². The Morgan fingerprint density at radius 3 is 2.63 bits per heavy atom. The Hall–Kier alpha value is -1.22. The van der Waals surface area contributed by atoms with Crippen molar-refractivity contribution >= 4 is 0 Å². The molecule has 3 nitrogen and oxygen atoms in total. The fourth-order valence-corrected chi connectivity index (χ4v) is 2.11. The second-order valence-electron chi connectivity index (χ2n) is 4.83. The number of para-hydroxylation sites is 1. The van der Waals surface area contributed by atoms with Crippen molar-refractivity contribution in [2.75, 3.05) is 13.7 Å². The summed E-state index contributed by atoms with van der Waals surface area (Å²) in [6.07, 6.45) is 4.76. The Balaban J connectivity index is 2.69. The molecule has 1 aromatic rings. The molecule has 19 heavy (non-hydrogen) atoms. The number of rotatable bonds is 9.